The second-order valence-corrected chi connectivity index (χ2v) is 7.19. The molecule has 1 fully saturated rings. The summed E-state index contributed by atoms with van der Waals surface area (Å²) < 4.78 is 5.92. The number of hydrogen-bond acceptors (Lipinski definition) is 4. The molecule has 1 aromatic heterocycles. The topological polar surface area (TPSA) is 59.5 Å². The molecule has 5 nitrogen and oxygen atoms in total. The smallest absolute Gasteiger partial charge is 0.254 e. The summed E-state index contributed by atoms with van der Waals surface area (Å²) in [5.41, 5.74) is 2.49. The molecule has 146 valence electrons. The van der Waals surface area contributed by atoms with Crippen LogP contribution in [-0.2, 0) is 0 Å². The first kappa shape index (κ1) is 18.9. The van der Waals surface area contributed by atoms with Crippen molar-refractivity contribution < 1.29 is 14.3 Å². The molecule has 1 saturated heterocycles. The van der Waals surface area contributed by atoms with Crippen LogP contribution in [0.3, 0.4) is 0 Å². The Labute approximate surface area is 170 Å². The molecule has 1 unspecified atom stereocenters. The van der Waals surface area contributed by atoms with E-state index in [4.69, 9.17) is 4.74 Å². The van der Waals surface area contributed by atoms with Crippen LogP contribution in [0.25, 0.3) is 0 Å². The minimum Gasteiger partial charge on any atom is -0.472 e. The van der Waals surface area contributed by atoms with Gasteiger partial charge in [0.1, 0.15) is 6.10 Å². The van der Waals surface area contributed by atoms with Gasteiger partial charge in [0.2, 0.25) is 5.88 Å². The molecule has 1 aliphatic rings. The van der Waals surface area contributed by atoms with Crippen molar-refractivity contribution in [2.24, 2.45) is 0 Å². The van der Waals surface area contributed by atoms with Gasteiger partial charge in [-0.25, -0.2) is 4.98 Å². The largest absolute Gasteiger partial charge is 0.472 e. The first-order valence-electron chi connectivity index (χ1n) is 9.69. The molecule has 0 aliphatic carbocycles. The summed E-state index contributed by atoms with van der Waals surface area (Å²) >= 11 is 0. The average Bonchev–Trinajstić information content (AvgIpc) is 3.23. The number of benzene rings is 2. The fourth-order valence-corrected chi connectivity index (χ4v) is 3.49. The highest BCUT2D eigenvalue weighted by Gasteiger charge is 2.30. The first-order valence-corrected chi connectivity index (χ1v) is 9.69. The standard InChI is InChI=1S/C24H22N2O3/c1-17-11-12-22(25-15-17)29-19-13-14-26(16-19)24(28)21-10-6-5-9-20(21)23(27)18-7-3-2-4-8-18/h2-12,15,19H,13-14,16H2,1H3. The van der Waals surface area contributed by atoms with Crippen LogP contribution in [0.1, 0.15) is 38.3 Å². The lowest BCUT2D eigenvalue weighted by Gasteiger charge is -2.18. The van der Waals surface area contributed by atoms with Gasteiger partial charge in [-0.3, -0.25) is 9.59 Å². The fraction of sp³-hybridized carbons (Fsp3) is 0.208. The van der Waals surface area contributed by atoms with Crippen LogP contribution in [-0.4, -0.2) is 40.8 Å². The third kappa shape index (κ3) is 4.19. The Morgan fingerprint density at radius 2 is 1.69 bits per heavy atom. The van der Waals surface area contributed by atoms with Crippen LogP contribution in [0.5, 0.6) is 5.88 Å². The molecule has 0 bridgehead atoms. The Kier molecular flexibility index (Phi) is 5.38. The predicted molar refractivity (Wildman–Crippen MR) is 110 cm³/mol. The number of carbonyl (C=O) groups excluding carboxylic acids is 2. The number of ketones is 1. The van der Waals surface area contributed by atoms with Gasteiger partial charge in [-0.15, -0.1) is 0 Å². The number of likely N-dealkylation sites (tertiary alicyclic amines) is 1. The van der Waals surface area contributed by atoms with Crippen LogP contribution in [0, 0.1) is 6.92 Å². The van der Waals surface area contributed by atoms with Crippen molar-refractivity contribution >= 4 is 11.7 Å². The summed E-state index contributed by atoms with van der Waals surface area (Å²) in [6, 6.07) is 19.8. The first-order chi connectivity index (χ1) is 14.1. The van der Waals surface area contributed by atoms with Crippen molar-refractivity contribution in [3.8, 4) is 5.88 Å². The van der Waals surface area contributed by atoms with E-state index in [1.807, 2.05) is 37.3 Å². The quantitative estimate of drug-likeness (QED) is 0.624. The zero-order chi connectivity index (χ0) is 20.2. The van der Waals surface area contributed by atoms with Crippen LogP contribution < -0.4 is 4.74 Å². The van der Waals surface area contributed by atoms with Crippen LogP contribution in [0.4, 0.5) is 0 Å². The van der Waals surface area contributed by atoms with E-state index in [1.165, 1.54) is 0 Å². The number of amides is 1. The normalized spacial score (nSPS) is 15.9. The van der Waals surface area contributed by atoms with E-state index >= 15 is 0 Å². The van der Waals surface area contributed by atoms with Gasteiger partial charge in [0.25, 0.3) is 5.91 Å². The number of aryl methyl sites for hydroxylation is 1. The second-order valence-electron chi connectivity index (χ2n) is 7.19. The molecule has 0 spiro atoms. The maximum Gasteiger partial charge on any atom is 0.254 e. The summed E-state index contributed by atoms with van der Waals surface area (Å²) in [5, 5.41) is 0. The molecule has 4 rings (SSSR count). The number of carbonyl (C=O) groups is 2. The minimum absolute atomic E-state index is 0.105. The van der Waals surface area contributed by atoms with Gasteiger partial charge >= 0.3 is 0 Å². The van der Waals surface area contributed by atoms with Gasteiger partial charge < -0.3 is 9.64 Å². The molecule has 0 N–H and O–H groups in total. The molecule has 1 atom stereocenters. The molecular weight excluding hydrogens is 364 g/mol. The average molecular weight is 386 g/mol. The molecule has 1 aliphatic heterocycles. The predicted octanol–water partition coefficient (Wildman–Crippen LogP) is 3.91. The summed E-state index contributed by atoms with van der Waals surface area (Å²) in [4.78, 5) is 32.1. The van der Waals surface area contributed by atoms with Crippen molar-refractivity contribution in [2.45, 2.75) is 19.4 Å². The number of aromatic nitrogens is 1. The zero-order valence-electron chi connectivity index (χ0n) is 16.2. The molecule has 2 aromatic carbocycles. The maximum atomic E-state index is 13.1. The molecular formula is C24H22N2O3. The van der Waals surface area contributed by atoms with E-state index in [-0.39, 0.29) is 17.8 Å². The summed E-state index contributed by atoms with van der Waals surface area (Å²) in [6.07, 6.45) is 2.39. The van der Waals surface area contributed by atoms with Crippen LogP contribution in [0.15, 0.2) is 72.9 Å². The Hall–Kier alpha value is -3.47. The van der Waals surface area contributed by atoms with Crippen LogP contribution in [0.2, 0.25) is 0 Å². The van der Waals surface area contributed by atoms with Crippen LogP contribution >= 0.6 is 0 Å². The third-order valence-electron chi connectivity index (χ3n) is 5.04. The summed E-state index contributed by atoms with van der Waals surface area (Å²) in [5.74, 6) is 0.271. The van der Waals surface area contributed by atoms with E-state index in [0.717, 1.165) is 12.0 Å². The van der Waals surface area contributed by atoms with Crippen molar-refractivity contribution in [2.75, 3.05) is 13.1 Å². The van der Waals surface area contributed by atoms with Crippen molar-refractivity contribution in [1.82, 2.24) is 9.88 Å². The second kappa shape index (κ2) is 8.27. The van der Waals surface area contributed by atoms with Gasteiger partial charge in [0.05, 0.1) is 12.1 Å². The number of hydrogen-bond donors (Lipinski definition) is 0. The molecule has 5 heteroatoms. The number of ether oxygens (including phenoxy) is 1. The molecule has 1 amide bonds. The SMILES string of the molecule is Cc1ccc(OC2CCN(C(=O)c3ccccc3C(=O)c3ccccc3)C2)nc1. The Balaban J connectivity index is 1.49. The molecule has 2 heterocycles. The fourth-order valence-electron chi connectivity index (χ4n) is 3.49. The highest BCUT2D eigenvalue weighted by molar-refractivity contribution is 6.15. The van der Waals surface area contributed by atoms with E-state index in [2.05, 4.69) is 4.98 Å². The molecule has 0 radical (unpaired) electrons. The van der Waals surface area contributed by atoms with Gasteiger partial charge in [-0.1, -0.05) is 54.6 Å². The van der Waals surface area contributed by atoms with E-state index < -0.39 is 0 Å². The summed E-state index contributed by atoms with van der Waals surface area (Å²) in [7, 11) is 0. The number of nitrogens with zero attached hydrogens (tertiary/aromatic N) is 2. The van der Waals surface area contributed by atoms with Gasteiger partial charge in [-0.05, 0) is 18.6 Å². The lowest BCUT2D eigenvalue weighted by molar-refractivity contribution is 0.0767. The molecule has 3 aromatic rings. The Bertz CT molecular complexity index is 1020. The highest BCUT2D eigenvalue weighted by atomic mass is 16.5. The van der Waals surface area contributed by atoms with Crippen molar-refractivity contribution in [1.29, 1.82) is 0 Å². The van der Waals surface area contributed by atoms with Gasteiger partial charge in [-0.2, -0.15) is 0 Å². The minimum atomic E-state index is -0.148. The monoisotopic (exact) mass is 386 g/mol. The van der Waals surface area contributed by atoms with E-state index in [1.54, 1.807) is 47.5 Å². The zero-order valence-corrected chi connectivity index (χ0v) is 16.2. The Morgan fingerprint density at radius 3 is 2.41 bits per heavy atom. The lowest BCUT2D eigenvalue weighted by Crippen LogP contribution is -2.32. The van der Waals surface area contributed by atoms with Gasteiger partial charge in [0, 0.05) is 36.4 Å². The van der Waals surface area contributed by atoms with Gasteiger partial charge in [0.15, 0.2) is 5.78 Å². The summed E-state index contributed by atoms with van der Waals surface area (Å²) in [6.45, 7) is 3.03. The molecule has 0 saturated carbocycles. The number of rotatable bonds is 5. The number of pyridine rings is 1. The lowest BCUT2D eigenvalue weighted by atomic mass is 9.97. The van der Waals surface area contributed by atoms with Crippen molar-refractivity contribution in [3.05, 3.63) is 95.2 Å². The highest BCUT2D eigenvalue weighted by Crippen LogP contribution is 2.21. The third-order valence-corrected chi connectivity index (χ3v) is 5.04. The van der Waals surface area contributed by atoms with Crippen molar-refractivity contribution in [3.63, 3.8) is 0 Å². The Morgan fingerprint density at radius 1 is 0.966 bits per heavy atom. The maximum absolute atomic E-state index is 13.1. The molecule has 29 heavy (non-hydrogen) atoms. The van der Waals surface area contributed by atoms with E-state index in [0.29, 0.717) is 35.7 Å². The van der Waals surface area contributed by atoms with E-state index in [9.17, 15) is 9.59 Å².